The van der Waals surface area contributed by atoms with Crippen molar-refractivity contribution in [1.29, 1.82) is 0 Å². The lowest BCUT2D eigenvalue weighted by Crippen LogP contribution is -1.78. The van der Waals surface area contributed by atoms with Crippen molar-refractivity contribution < 1.29 is 0 Å². The lowest BCUT2D eigenvalue weighted by Gasteiger charge is -2.04. The van der Waals surface area contributed by atoms with E-state index in [1.807, 2.05) is 23.5 Å². The summed E-state index contributed by atoms with van der Waals surface area (Å²) in [5.41, 5.74) is 2.18. The number of thiophene rings is 1. The molecule has 0 aliphatic rings. The molecule has 0 aliphatic heterocycles. The van der Waals surface area contributed by atoms with Gasteiger partial charge in [0.25, 0.3) is 0 Å². The van der Waals surface area contributed by atoms with Gasteiger partial charge in [-0.25, -0.2) is 0 Å². The van der Waals surface area contributed by atoms with Crippen molar-refractivity contribution in [2.24, 2.45) is 0 Å². The maximum Gasteiger partial charge on any atom is 0.0426 e. The van der Waals surface area contributed by atoms with Crippen LogP contribution < -0.4 is 0 Å². The molecule has 0 N–H and O–H groups in total. The summed E-state index contributed by atoms with van der Waals surface area (Å²) in [5.74, 6) is 0. The molecule has 0 saturated carbocycles. The topological polar surface area (TPSA) is 0 Å². The van der Waals surface area contributed by atoms with Crippen LogP contribution in [0.1, 0.15) is 0 Å². The minimum absolute atomic E-state index is 0.660. The molecule has 21 heavy (non-hydrogen) atoms. The fourth-order valence-corrected chi connectivity index (χ4v) is 4.24. The molecule has 0 nitrogen and oxygen atoms in total. The summed E-state index contributed by atoms with van der Waals surface area (Å²) in [4.78, 5) is 0. The number of fused-ring (bicyclic) bond motifs is 3. The molecule has 0 radical (unpaired) electrons. The van der Waals surface area contributed by atoms with Gasteiger partial charge in [0.05, 0.1) is 0 Å². The van der Waals surface area contributed by atoms with Crippen molar-refractivity contribution in [2.45, 2.75) is 0 Å². The Morgan fingerprint density at radius 3 is 2.14 bits per heavy atom. The summed E-state index contributed by atoms with van der Waals surface area (Å²) in [6, 6.07) is 20.7. The smallest absolute Gasteiger partial charge is 0.0426 e. The third-order valence-corrected chi connectivity index (χ3v) is 5.16. The first-order valence-corrected chi connectivity index (χ1v) is 8.16. The van der Waals surface area contributed by atoms with Crippen molar-refractivity contribution >= 4 is 54.7 Å². The van der Waals surface area contributed by atoms with E-state index in [9.17, 15) is 0 Å². The Hall–Kier alpha value is -1.54. The van der Waals surface area contributed by atoms with Gasteiger partial charge < -0.3 is 0 Å². The number of hydrogen-bond acceptors (Lipinski definition) is 1. The molecular weight excluding hydrogens is 319 g/mol. The lowest BCUT2D eigenvalue weighted by atomic mass is 10.0. The molecule has 4 rings (SSSR count). The summed E-state index contributed by atoms with van der Waals surface area (Å²) >= 11 is 14.0. The van der Waals surface area contributed by atoms with Crippen LogP contribution in [0.15, 0.2) is 60.7 Å². The van der Waals surface area contributed by atoms with Gasteiger partial charge >= 0.3 is 0 Å². The second-order valence-corrected chi connectivity index (χ2v) is 6.92. The lowest BCUT2D eigenvalue weighted by molar-refractivity contribution is 1.65. The van der Waals surface area contributed by atoms with Crippen LogP contribution >= 0.6 is 34.5 Å². The molecular formula is C18H10Cl2S. The van der Waals surface area contributed by atoms with Gasteiger partial charge in [0, 0.05) is 30.2 Å². The molecule has 0 amide bonds. The zero-order valence-electron chi connectivity index (χ0n) is 10.9. The molecule has 0 saturated heterocycles. The zero-order valence-corrected chi connectivity index (χ0v) is 13.3. The Balaban J connectivity index is 1.99. The van der Waals surface area contributed by atoms with Crippen molar-refractivity contribution in [3.8, 4) is 11.1 Å². The van der Waals surface area contributed by atoms with E-state index < -0.39 is 0 Å². The molecule has 4 aromatic rings. The van der Waals surface area contributed by atoms with Crippen LogP contribution in [0.25, 0.3) is 31.3 Å². The summed E-state index contributed by atoms with van der Waals surface area (Å²) in [7, 11) is 0. The van der Waals surface area contributed by atoms with Crippen LogP contribution in [0.5, 0.6) is 0 Å². The molecule has 1 heterocycles. The highest BCUT2D eigenvalue weighted by Crippen LogP contribution is 2.37. The van der Waals surface area contributed by atoms with Gasteiger partial charge in [0.1, 0.15) is 0 Å². The van der Waals surface area contributed by atoms with Crippen LogP contribution in [-0.2, 0) is 0 Å². The highest BCUT2D eigenvalue weighted by atomic mass is 35.5. The monoisotopic (exact) mass is 328 g/mol. The Bertz CT molecular complexity index is 949. The van der Waals surface area contributed by atoms with Gasteiger partial charge in [-0.3, -0.25) is 0 Å². The van der Waals surface area contributed by atoms with Crippen molar-refractivity contribution in [2.75, 3.05) is 0 Å². The molecule has 102 valence electrons. The number of halogens is 2. The Labute approximate surface area is 136 Å². The predicted molar refractivity (Wildman–Crippen MR) is 94.8 cm³/mol. The summed E-state index contributed by atoms with van der Waals surface area (Å²) < 4.78 is 2.61. The Morgan fingerprint density at radius 2 is 1.33 bits per heavy atom. The highest BCUT2D eigenvalue weighted by Gasteiger charge is 2.07. The minimum atomic E-state index is 0.660. The van der Waals surface area contributed by atoms with E-state index in [0.29, 0.717) is 10.0 Å². The fourth-order valence-electron chi connectivity index (χ4n) is 2.63. The van der Waals surface area contributed by atoms with Crippen LogP contribution in [0, 0.1) is 0 Å². The first-order valence-electron chi connectivity index (χ1n) is 6.58. The van der Waals surface area contributed by atoms with E-state index >= 15 is 0 Å². The quantitative estimate of drug-likeness (QED) is 0.352. The number of rotatable bonds is 1. The maximum absolute atomic E-state index is 6.11. The molecule has 0 bridgehead atoms. The second-order valence-electron chi connectivity index (χ2n) is 4.97. The molecule has 3 aromatic carbocycles. The third-order valence-electron chi connectivity index (χ3n) is 3.57. The summed E-state index contributed by atoms with van der Waals surface area (Å²) in [6.07, 6.45) is 0. The first-order chi connectivity index (χ1) is 10.2. The zero-order chi connectivity index (χ0) is 14.4. The van der Waals surface area contributed by atoms with Crippen LogP contribution in [0.3, 0.4) is 0 Å². The molecule has 0 fully saturated rings. The molecule has 1 aromatic heterocycles. The molecule has 0 atom stereocenters. The normalized spacial score (nSPS) is 11.3. The second kappa shape index (κ2) is 5.03. The SMILES string of the molecule is Clc1cc(Cl)cc(-c2ccc3sc4ccccc4c3c2)c1. The van der Waals surface area contributed by atoms with Gasteiger partial charge in [0.2, 0.25) is 0 Å². The molecule has 3 heteroatoms. The van der Waals surface area contributed by atoms with E-state index in [-0.39, 0.29) is 0 Å². The first kappa shape index (κ1) is 13.1. The molecule has 0 unspecified atom stereocenters. The standard InChI is InChI=1S/C18H10Cl2S/c19-13-7-12(8-14(20)10-13)11-5-6-18-16(9-11)15-3-1-2-4-17(15)21-18/h1-10H. The largest absolute Gasteiger partial charge is 0.135 e. The molecule has 0 spiro atoms. The average molecular weight is 329 g/mol. The minimum Gasteiger partial charge on any atom is -0.135 e. The van der Waals surface area contributed by atoms with Gasteiger partial charge in [-0.2, -0.15) is 0 Å². The van der Waals surface area contributed by atoms with E-state index in [2.05, 4.69) is 42.5 Å². The van der Waals surface area contributed by atoms with Crippen molar-refractivity contribution in [1.82, 2.24) is 0 Å². The average Bonchev–Trinajstić information content (AvgIpc) is 2.84. The van der Waals surface area contributed by atoms with Gasteiger partial charge in [-0.1, -0.05) is 47.5 Å². The van der Waals surface area contributed by atoms with Gasteiger partial charge in [-0.15, -0.1) is 11.3 Å². The summed E-state index contributed by atoms with van der Waals surface area (Å²) in [6.45, 7) is 0. The van der Waals surface area contributed by atoms with Crippen LogP contribution in [0.4, 0.5) is 0 Å². The van der Waals surface area contributed by atoms with Gasteiger partial charge in [-0.05, 0) is 47.5 Å². The Morgan fingerprint density at radius 1 is 0.619 bits per heavy atom. The van der Waals surface area contributed by atoms with Crippen molar-refractivity contribution in [3.05, 3.63) is 70.7 Å². The van der Waals surface area contributed by atoms with E-state index in [1.54, 1.807) is 6.07 Å². The fraction of sp³-hybridized carbons (Fsp3) is 0. The number of hydrogen-bond donors (Lipinski definition) is 0. The van der Waals surface area contributed by atoms with Crippen LogP contribution in [0.2, 0.25) is 10.0 Å². The predicted octanol–water partition coefficient (Wildman–Crippen LogP) is 7.03. The highest BCUT2D eigenvalue weighted by molar-refractivity contribution is 7.25. The van der Waals surface area contributed by atoms with Crippen LogP contribution in [-0.4, -0.2) is 0 Å². The van der Waals surface area contributed by atoms with Gasteiger partial charge in [0.15, 0.2) is 0 Å². The van der Waals surface area contributed by atoms with E-state index in [0.717, 1.165) is 11.1 Å². The van der Waals surface area contributed by atoms with Crippen molar-refractivity contribution in [3.63, 3.8) is 0 Å². The molecule has 0 aliphatic carbocycles. The third kappa shape index (κ3) is 2.32. The van der Waals surface area contributed by atoms with E-state index in [4.69, 9.17) is 23.2 Å². The van der Waals surface area contributed by atoms with E-state index in [1.165, 1.54) is 20.2 Å². The number of benzene rings is 3. The summed E-state index contributed by atoms with van der Waals surface area (Å²) in [5, 5.41) is 3.90. The maximum atomic E-state index is 6.11. The Kier molecular flexibility index (Phi) is 3.15.